The van der Waals surface area contributed by atoms with Crippen LogP contribution in [0.25, 0.3) is 0 Å². The highest BCUT2D eigenvalue weighted by molar-refractivity contribution is 7.92. The van der Waals surface area contributed by atoms with E-state index in [1.807, 2.05) is 31.2 Å². The fraction of sp³-hybridized carbons (Fsp3) is 0.208. The molecule has 0 heterocycles. The van der Waals surface area contributed by atoms with Gasteiger partial charge in [-0.25, -0.2) is 8.42 Å². The van der Waals surface area contributed by atoms with E-state index < -0.39 is 10.0 Å². The summed E-state index contributed by atoms with van der Waals surface area (Å²) in [5, 5.41) is 3.63. The molecule has 174 valence electrons. The summed E-state index contributed by atoms with van der Waals surface area (Å²) in [5.74, 6) is 0.448. The van der Waals surface area contributed by atoms with Gasteiger partial charge in [0.05, 0.1) is 31.6 Å². The maximum Gasteiger partial charge on any atom is 0.251 e. The zero-order valence-electron chi connectivity index (χ0n) is 18.4. The molecule has 0 fully saturated rings. The molecule has 9 heteroatoms. The number of carbonyl (C=O) groups excluding carboxylic acids is 1. The van der Waals surface area contributed by atoms with E-state index in [1.165, 1.54) is 22.5 Å². The lowest BCUT2D eigenvalue weighted by Crippen LogP contribution is -2.29. The largest absolute Gasteiger partial charge is 0.496 e. The van der Waals surface area contributed by atoms with Crippen LogP contribution in [0.4, 0.5) is 5.69 Å². The average Bonchev–Trinajstić information content (AvgIpc) is 2.76. The van der Waals surface area contributed by atoms with Gasteiger partial charge >= 0.3 is 0 Å². The lowest BCUT2D eigenvalue weighted by molar-refractivity contribution is 0.0939. The molecule has 0 aliphatic heterocycles. The summed E-state index contributed by atoms with van der Waals surface area (Å²) < 4.78 is 31.4. The number of sulfonamides is 1. The van der Waals surface area contributed by atoms with Crippen molar-refractivity contribution >= 4 is 44.8 Å². The molecular weight excluding hydrogens is 483 g/mol. The minimum atomic E-state index is -3.60. The van der Waals surface area contributed by atoms with Crippen molar-refractivity contribution in [3.05, 3.63) is 93.5 Å². The van der Waals surface area contributed by atoms with Crippen LogP contribution in [0.1, 0.15) is 34.5 Å². The summed E-state index contributed by atoms with van der Waals surface area (Å²) in [7, 11) is -2.02. The summed E-state index contributed by atoms with van der Waals surface area (Å²) in [6.07, 6.45) is 1.11. The number of hydrogen-bond donors (Lipinski definition) is 1. The first-order valence-corrected chi connectivity index (χ1v) is 12.7. The summed E-state index contributed by atoms with van der Waals surface area (Å²) in [6.45, 7) is 1.94. The second-order valence-electron chi connectivity index (χ2n) is 7.53. The van der Waals surface area contributed by atoms with Crippen molar-refractivity contribution in [2.75, 3.05) is 17.7 Å². The third-order valence-corrected chi connectivity index (χ3v) is 6.61. The third-order valence-electron chi connectivity index (χ3n) is 5.03. The van der Waals surface area contributed by atoms with Crippen molar-refractivity contribution in [1.29, 1.82) is 0 Å². The number of rotatable bonds is 8. The zero-order valence-corrected chi connectivity index (χ0v) is 20.7. The Labute approximate surface area is 204 Å². The number of amides is 1. The fourth-order valence-electron chi connectivity index (χ4n) is 3.39. The molecule has 1 atom stereocenters. The van der Waals surface area contributed by atoms with Gasteiger partial charge in [-0.1, -0.05) is 53.5 Å². The normalized spacial score (nSPS) is 12.2. The summed E-state index contributed by atoms with van der Waals surface area (Å²) in [5.41, 5.74) is 2.39. The molecule has 0 aliphatic carbocycles. The van der Waals surface area contributed by atoms with Gasteiger partial charge in [-0.2, -0.15) is 0 Å². The predicted octanol–water partition coefficient (Wildman–Crippen LogP) is 5.46. The monoisotopic (exact) mass is 506 g/mol. The SMILES string of the molecule is COc1ccccc1[C@@H](C)NC(=O)c1ccc(CN(c2cc(Cl)cc(Cl)c2)S(C)(=O)=O)cc1. The summed E-state index contributed by atoms with van der Waals surface area (Å²) in [4.78, 5) is 12.7. The lowest BCUT2D eigenvalue weighted by atomic mass is 10.1. The minimum Gasteiger partial charge on any atom is -0.496 e. The van der Waals surface area contributed by atoms with E-state index in [2.05, 4.69) is 5.32 Å². The van der Waals surface area contributed by atoms with E-state index in [9.17, 15) is 13.2 Å². The van der Waals surface area contributed by atoms with Crippen LogP contribution in [0.15, 0.2) is 66.7 Å². The number of carbonyl (C=O) groups is 1. The van der Waals surface area contributed by atoms with Crippen molar-refractivity contribution in [2.45, 2.75) is 19.5 Å². The molecule has 3 aromatic rings. The Balaban J connectivity index is 1.76. The van der Waals surface area contributed by atoms with Crippen LogP contribution < -0.4 is 14.4 Å². The number of benzene rings is 3. The second kappa shape index (κ2) is 10.5. The number of methoxy groups -OCH3 is 1. The van der Waals surface area contributed by atoms with E-state index in [4.69, 9.17) is 27.9 Å². The Kier molecular flexibility index (Phi) is 7.89. The number of nitrogens with one attached hydrogen (secondary N) is 1. The van der Waals surface area contributed by atoms with Crippen molar-refractivity contribution < 1.29 is 17.9 Å². The standard InChI is InChI=1S/C24H24Cl2N2O4S/c1-16(22-6-4-5-7-23(22)32-2)27-24(29)18-10-8-17(9-11-18)15-28(33(3,30)31)21-13-19(25)12-20(26)14-21/h4-14,16H,15H2,1-3H3,(H,27,29)/t16-/m1/s1. The van der Waals surface area contributed by atoms with E-state index in [-0.39, 0.29) is 18.5 Å². The highest BCUT2D eigenvalue weighted by atomic mass is 35.5. The molecule has 0 saturated heterocycles. The van der Waals surface area contributed by atoms with Crippen molar-refractivity contribution in [3.63, 3.8) is 0 Å². The molecule has 0 aromatic heterocycles. The van der Waals surface area contributed by atoms with Crippen LogP contribution in [0.2, 0.25) is 10.0 Å². The smallest absolute Gasteiger partial charge is 0.251 e. The maximum atomic E-state index is 12.7. The van der Waals surface area contributed by atoms with Gasteiger partial charge in [-0.3, -0.25) is 9.10 Å². The van der Waals surface area contributed by atoms with Gasteiger partial charge in [0, 0.05) is 21.2 Å². The van der Waals surface area contributed by atoms with E-state index in [0.29, 0.717) is 32.6 Å². The number of para-hydroxylation sites is 1. The Bertz CT molecular complexity index is 1230. The average molecular weight is 507 g/mol. The van der Waals surface area contributed by atoms with Gasteiger partial charge in [-0.05, 0) is 48.9 Å². The Hall–Kier alpha value is -2.74. The summed E-state index contributed by atoms with van der Waals surface area (Å²) in [6, 6.07) is 18.6. The lowest BCUT2D eigenvalue weighted by Gasteiger charge is -2.23. The first-order valence-electron chi connectivity index (χ1n) is 10.0. The van der Waals surface area contributed by atoms with Crippen LogP contribution in [0, 0.1) is 0 Å². The quantitative estimate of drug-likeness (QED) is 0.440. The molecule has 1 N–H and O–H groups in total. The summed E-state index contributed by atoms with van der Waals surface area (Å²) >= 11 is 12.1. The zero-order chi connectivity index (χ0) is 24.2. The highest BCUT2D eigenvalue weighted by Gasteiger charge is 2.20. The van der Waals surface area contributed by atoms with Crippen LogP contribution in [-0.2, 0) is 16.6 Å². The van der Waals surface area contributed by atoms with Crippen molar-refractivity contribution in [3.8, 4) is 5.75 Å². The number of nitrogens with zero attached hydrogens (tertiary/aromatic N) is 1. The molecular formula is C24H24Cl2N2O4S. The Morgan fingerprint density at radius 2 is 1.64 bits per heavy atom. The van der Waals surface area contributed by atoms with Crippen LogP contribution in [0.5, 0.6) is 5.75 Å². The molecule has 0 bridgehead atoms. The first-order chi connectivity index (χ1) is 15.6. The van der Waals surface area contributed by atoms with E-state index in [1.54, 1.807) is 31.4 Å². The van der Waals surface area contributed by atoms with Gasteiger partial charge < -0.3 is 10.1 Å². The molecule has 33 heavy (non-hydrogen) atoms. The predicted molar refractivity (Wildman–Crippen MR) is 133 cm³/mol. The van der Waals surface area contributed by atoms with E-state index in [0.717, 1.165) is 11.8 Å². The number of anilines is 1. The maximum absolute atomic E-state index is 12.7. The fourth-order valence-corrected chi connectivity index (χ4v) is 4.78. The molecule has 0 spiro atoms. The highest BCUT2D eigenvalue weighted by Crippen LogP contribution is 2.28. The van der Waals surface area contributed by atoms with Crippen LogP contribution >= 0.6 is 23.2 Å². The topological polar surface area (TPSA) is 75.7 Å². The van der Waals surface area contributed by atoms with Crippen LogP contribution in [0.3, 0.4) is 0 Å². The number of ether oxygens (including phenoxy) is 1. The van der Waals surface area contributed by atoms with Gasteiger partial charge in [0.25, 0.3) is 5.91 Å². The third kappa shape index (κ3) is 6.41. The molecule has 0 saturated carbocycles. The molecule has 0 aliphatic rings. The van der Waals surface area contributed by atoms with E-state index >= 15 is 0 Å². The molecule has 0 radical (unpaired) electrons. The molecule has 0 unspecified atom stereocenters. The first kappa shape index (κ1) is 24.9. The van der Waals surface area contributed by atoms with Gasteiger partial charge in [0.15, 0.2) is 0 Å². The van der Waals surface area contributed by atoms with Crippen molar-refractivity contribution in [1.82, 2.24) is 5.32 Å². The Morgan fingerprint density at radius 3 is 2.21 bits per heavy atom. The molecule has 6 nitrogen and oxygen atoms in total. The van der Waals surface area contributed by atoms with Gasteiger partial charge in [-0.15, -0.1) is 0 Å². The number of halogens is 2. The minimum absolute atomic E-state index is 0.0645. The molecule has 1 amide bonds. The van der Waals surface area contributed by atoms with Gasteiger partial charge in [0.1, 0.15) is 5.75 Å². The van der Waals surface area contributed by atoms with Gasteiger partial charge in [0.2, 0.25) is 10.0 Å². The Morgan fingerprint density at radius 1 is 1.03 bits per heavy atom. The molecule has 3 rings (SSSR count). The number of hydrogen-bond acceptors (Lipinski definition) is 4. The van der Waals surface area contributed by atoms with Crippen molar-refractivity contribution in [2.24, 2.45) is 0 Å². The second-order valence-corrected chi connectivity index (χ2v) is 10.3. The molecule has 3 aromatic carbocycles. The van der Waals surface area contributed by atoms with Crippen LogP contribution in [-0.4, -0.2) is 27.7 Å².